The van der Waals surface area contributed by atoms with Gasteiger partial charge in [0.25, 0.3) is 5.91 Å². The van der Waals surface area contributed by atoms with Crippen molar-refractivity contribution in [2.75, 3.05) is 5.32 Å². The second-order valence-corrected chi connectivity index (χ2v) is 5.23. The summed E-state index contributed by atoms with van der Waals surface area (Å²) in [5, 5.41) is 11.8. The minimum atomic E-state index is -1.73. The SMILES string of the molecule is Cc1cccc(C(=O)OC(C)C(=O)Nc2ccc(F)c(F)c2F)c1O. The molecular weight excluding hydrogens is 339 g/mol. The molecule has 0 fully saturated rings. The highest BCUT2D eigenvalue weighted by atomic mass is 19.2. The largest absolute Gasteiger partial charge is 0.507 e. The zero-order valence-electron chi connectivity index (χ0n) is 13.3. The van der Waals surface area contributed by atoms with E-state index in [9.17, 15) is 27.9 Å². The molecule has 1 atom stereocenters. The summed E-state index contributed by atoms with van der Waals surface area (Å²) in [5.41, 5.74) is -0.292. The standard InChI is InChI=1S/C17H14F3NO4/c1-8-4-3-5-10(15(8)22)17(24)25-9(2)16(23)21-12-7-6-11(18)13(19)14(12)20/h3-7,9,22H,1-2H3,(H,21,23). The van der Waals surface area contributed by atoms with E-state index in [0.29, 0.717) is 11.6 Å². The first-order valence-corrected chi connectivity index (χ1v) is 7.16. The highest BCUT2D eigenvalue weighted by molar-refractivity contribution is 5.98. The summed E-state index contributed by atoms with van der Waals surface area (Å²) in [6, 6.07) is 5.90. The second-order valence-electron chi connectivity index (χ2n) is 5.23. The number of rotatable bonds is 4. The number of amides is 1. The van der Waals surface area contributed by atoms with Crippen molar-refractivity contribution in [2.24, 2.45) is 0 Å². The molecule has 5 nitrogen and oxygen atoms in total. The smallest absolute Gasteiger partial charge is 0.342 e. The van der Waals surface area contributed by atoms with E-state index in [1.165, 1.54) is 19.1 Å². The third-order valence-electron chi connectivity index (χ3n) is 3.40. The van der Waals surface area contributed by atoms with Gasteiger partial charge in [-0.05, 0) is 37.6 Å². The van der Waals surface area contributed by atoms with Crippen LogP contribution in [-0.2, 0) is 9.53 Å². The van der Waals surface area contributed by atoms with E-state index >= 15 is 0 Å². The number of carbonyl (C=O) groups excluding carboxylic acids is 2. The lowest BCUT2D eigenvalue weighted by atomic mass is 10.1. The zero-order chi connectivity index (χ0) is 18.7. The summed E-state index contributed by atoms with van der Waals surface area (Å²) in [7, 11) is 0. The van der Waals surface area contributed by atoms with Crippen molar-refractivity contribution in [1.82, 2.24) is 0 Å². The van der Waals surface area contributed by atoms with Crippen LogP contribution < -0.4 is 5.32 Å². The fraction of sp³-hybridized carbons (Fsp3) is 0.176. The molecule has 0 aliphatic carbocycles. The summed E-state index contributed by atoms with van der Waals surface area (Å²) in [6.07, 6.45) is -1.38. The van der Waals surface area contributed by atoms with Crippen molar-refractivity contribution in [2.45, 2.75) is 20.0 Å². The Morgan fingerprint density at radius 1 is 1.12 bits per heavy atom. The van der Waals surface area contributed by atoms with Gasteiger partial charge in [0.2, 0.25) is 0 Å². The Hall–Kier alpha value is -3.03. The lowest BCUT2D eigenvalue weighted by Gasteiger charge is -2.15. The normalized spacial score (nSPS) is 11.7. The summed E-state index contributed by atoms with van der Waals surface area (Å²) >= 11 is 0. The van der Waals surface area contributed by atoms with Crippen LogP contribution in [0.4, 0.5) is 18.9 Å². The molecule has 0 saturated heterocycles. The summed E-state index contributed by atoms with van der Waals surface area (Å²) in [6.45, 7) is 2.78. The number of phenols is 1. The van der Waals surface area contributed by atoms with Crippen LogP contribution in [0.25, 0.3) is 0 Å². The van der Waals surface area contributed by atoms with Crippen molar-refractivity contribution < 1.29 is 32.6 Å². The quantitative estimate of drug-likeness (QED) is 0.653. The van der Waals surface area contributed by atoms with Gasteiger partial charge in [-0.25, -0.2) is 18.0 Å². The van der Waals surface area contributed by atoms with Crippen molar-refractivity contribution in [3.63, 3.8) is 0 Å². The lowest BCUT2D eigenvalue weighted by Crippen LogP contribution is -2.30. The van der Waals surface area contributed by atoms with Crippen molar-refractivity contribution in [3.8, 4) is 5.75 Å². The number of aryl methyl sites for hydroxylation is 1. The molecule has 1 unspecified atom stereocenters. The molecule has 2 aromatic rings. The van der Waals surface area contributed by atoms with Crippen molar-refractivity contribution in [1.29, 1.82) is 0 Å². The summed E-state index contributed by atoms with van der Waals surface area (Å²) < 4.78 is 44.4. The molecule has 0 bridgehead atoms. The predicted octanol–water partition coefficient (Wildman–Crippen LogP) is 3.30. The molecule has 0 heterocycles. The van der Waals surface area contributed by atoms with E-state index in [1.807, 2.05) is 5.32 Å². The number of anilines is 1. The van der Waals surface area contributed by atoms with Crippen LogP contribution in [0.2, 0.25) is 0 Å². The van der Waals surface area contributed by atoms with Gasteiger partial charge in [0.15, 0.2) is 23.6 Å². The first-order valence-electron chi connectivity index (χ1n) is 7.16. The van der Waals surface area contributed by atoms with E-state index in [2.05, 4.69) is 0 Å². The minimum absolute atomic E-state index is 0.140. The fourth-order valence-electron chi connectivity index (χ4n) is 1.96. The molecule has 25 heavy (non-hydrogen) atoms. The molecule has 2 rings (SSSR count). The third kappa shape index (κ3) is 3.90. The number of hydrogen-bond acceptors (Lipinski definition) is 4. The van der Waals surface area contributed by atoms with Crippen LogP contribution in [0.5, 0.6) is 5.75 Å². The minimum Gasteiger partial charge on any atom is -0.507 e. The van der Waals surface area contributed by atoms with E-state index in [1.54, 1.807) is 13.0 Å². The monoisotopic (exact) mass is 353 g/mol. The van der Waals surface area contributed by atoms with Gasteiger partial charge in [-0.2, -0.15) is 0 Å². The predicted molar refractivity (Wildman–Crippen MR) is 82.7 cm³/mol. The molecule has 0 aliphatic rings. The Balaban J connectivity index is 2.09. The number of aromatic hydroxyl groups is 1. The first-order chi connectivity index (χ1) is 11.7. The zero-order valence-corrected chi connectivity index (χ0v) is 13.3. The van der Waals surface area contributed by atoms with Crippen LogP contribution in [0.3, 0.4) is 0 Å². The lowest BCUT2D eigenvalue weighted by molar-refractivity contribution is -0.123. The molecular formula is C17H14F3NO4. The molecule has 0 aromatic heterocycles. The van der Waals surface area contributed by atoms with Crippen LogP contribution in [0, 0.1) is 24.4 Å². The van der Waals surface area contributed by atoms with Gasteiger partial charge in [0.05, 0.1) is 5.69 Å². The molecule has 0 radical (unpaired) electrons. The van der Waals surface area contributed by atoms with E-state index < -0.39 is 41.1 Å². The Morgan fingerprint density at radius 2 is 1.80 bits per heavy atom. The molecule has 0 spiro atoms. The van der Waals surface area contributed by atoms with E-state index in [4.69, 9.17) is 4.74 Å². The number of esters is 1. The van der Waals surface area contributed by atoms with Crippen molar-refractivity contribution >= 4 is 17.6 Å². The molecule has 8 heteroatoms. The summed E-state index contributed by atoms with van der Waals surface area (Å²) in [4.78, 5) is 24.0. The number of benzene rings is 2. The van der Waals surface area contributed by atoms with Crippen molar-refractivity contribution in [3.05, 3.63) is 58.9 Å². The number of carbonyl (C=O) groups is 2. The van der Waals surface area contributed by atoms with Gasteiger partial charge >= 0.3 is 5.97 Å². The average molecular weight is 353 g/mol. The molecule has 2 N–H and O–H groups in total. The molecule has 0 aliphatic heterocycles. The summed E-state index contributed by atoms with van der Waals surface area (Å²) in [5.74, 6) is -6.90. The van der Waals surface area contributed by atoms with Gasteiger partial charge in [-0.3, -0.25) is 4.79 Å². The van der Waals surface area contributed by atoms with Gasteiger partial charge in [-0.15, -0.1) is 0 Å². The first kappa shape index (κ1) is 18.3. The maximum atomic E-state index is 13.5. The molecule has 1 amide bonds. The van der Waals surface area contributed by atoms with Crippen LogP contribution in [0.15, 0.2) is 30.3 Å². The van der Waals surface area contributed by atoms with Crippen LogP contribution >= 0.6 is 0 Å². The Bertz CT molecular complexity index is 839. The maximum Gasteiger partial charge on any atom is 0.342 e. The Kier molecular flexibility index (Phi) is 5.31. The molecule has 0 saturated carbocycles. The van der Waals surface area contributed by atoms with Crippen LogP contribution in [0.1, 0.15) is 22.8 Å². The maximum absolute atomic E-state index is 13.5. The topological polar surface area (TPSA) is 75.6 Å². The average Bonchev–Trinajstić information content (AvgIpc) is 2.57. The third-order valence-corrected chi connectivity index (χ3v) is 3.40. The number of phenolic OH excluding ortho intramolecular Hbond substituents is 1. The number of ether oxygens (including phenoxy) is 1. The van der Waals surface area contributed by atoms with Crippen LogP contribution in [-0.4, -0.2) is 23.1 Å². The van der Waals surface area contributed by atoms with Gasteiger partial charge < -0.3 is 15.2 Å². The number of hydrogen-bond donors (Lipinski definition) is 2. The second kappa shape index (κ2) is 7.25. The highest BCUT2D eigenvalue weighted by Crippen LogP contribution is 2.23. The van der Waals surface area contributed by atoms with Gasteiger partial charge in [0, 0.05) is 0 Å². The fourth-order valence-corrected chi connectivity index (χ4v) is 1.96. The number of halogens is 3. The number of nitrogens with one attached hydrogen (secondary N) is 1. The number of para-hydroxylation sites is 1. The highest BCUT2D eigenvalue weighted by Gasteiger charge is 2.23. The molecule has 2 aromatic carbocycles. The molecule has 132 valence electrons. The van der Waals surface area contributed by atoms with Gasteiger partial charge in [-0.1, -0.05) is 12.1 Å². The van der Waals surface area contributed by atoms with E-state index in [-0.39, 0.29) is 11.3 Å². The Morgan fingerprint density at radius 3 is 2.48 bits per heavy atom. The van der Waals surface area contributed by atoms with Gasteiger partial charge in [0.1, 0.15) is 11.3 Å². The Labute approximate surface area is 141 Å². The van der Waals surface area contributed by atoms with E-state index in [0.717, 1.165) is 6.07 Å².